The number of carbonyl (C=O) groups excluding carboxylic acids is 1. The number of aromatic nitrogens is 1. The van der Waals surface area contributed by atoms with E-state index in [1.807, 2.05) is 43.3 Å². The lowest BCUT2D eigenvalue weighted by molar-refractivity contribution is 0.0707. The molecule has 8 nitrogen and oxygen atoms in total. The van der Waals surface area contributed by atoms with Gasteiger partial charge in [0.2, 0.25) is 9.84 Å². The molecule has 0 fully saturated rings. The number of amides is 1. The molecule has 0 radical (unpaired) electrons. The molecule has 1 heterocycles. The Labute approximate surface area is 221 Å². The third-order valence-corrected chi connectivity index (χ3v) is 7.49. The Morgan fingerprint density at radius 2 is 1.68 bits per heavy atom. The fourth-order valence-electron chi connectivity index (χ4n) is 3.91. The highest BCUT2D eigenvalue weighted by Gasteiger charge is 2.23. The lowest BCUT2D eigenvalue weighted by Gasteiger charge is -2.17. The second kappa shape index (κ2) is 11.9. The molecule has 0 aliphatic heterocycles. The highest BCUT2D eigenvalue weighted by Crippen LogP contribution is 2.30. The Morgan fingerprint density at radius 3 is 2.32 bits per heavy atom. The van der Waals surface area contributed by atoms with E-state index in [4.69, 9.17) is 4.74 Å². The molecule has 10 heteroatoms. The summed E-state index contributed by atoms with van der Waals surface area (Å²) in [5.74, 6) is -0.142. The zero-order chi connectivity index (χ0) is 25.7. The minimum absolute atomic E-state index is 0. The van der Waals surface area contributed by atoms with Gasteiger partial charge in [-0.2, -0.15) is 0 Å². The van der Waals surface area contributed by atoms with E-state index in [0.29, 0.717) is 17.0 Å². The van der Waals surface area contributed by atoms with Crippen LogP contribution in [0.5, 0.6) is 5.75 Å². The Balaban J connectivity index is 0.00000380. The Hall–Kier alpha value is -3.92. The maximum atomic E-state index is 13.3. The van der Waals surface area contributed by atoms with E-state index in [-0.39, 0.29) is 34.4 Å². The number of hydrogen-bond acceptors (Lipinski definition) is 7. The number of carbonyl (C=O) groups is 1. The Bertz CT molecular complexity index is 1490. The van der Waals surface area contributed by atoms with Crippen molar-refractivity contribution < 1.29 is 23.2 Å². The number of nitrogens with zero attached hydrogens (tertiary/aromatic N) is 1. The molecule has 37 heavy (non-hydrogen) atoms. The first-order valence-corrected chi connectivity index (χ1v) is 12.5. The van der Waals surface area contributed by atoms with Gasteiger partial charge in [-0.05, 0) is 66.1 Å². The minimum Gasteiger partial charge on any atom is -0.497 e. The summed E-state index contributed by atoms with van der Waals surface area (Å²) in [4.78, 5) is 16.8. The lowest BCUT2D eigenvalue weighted by atomic mass is 9.97. The third kappa shape index (κ3) is 5.91. The van der Waals surface area contributed by atoms with Gasteiger partial charge in [-0.3, -0.25) is 10.0 Å². The Kier molecular flexibility index (Phi) is 8.88. The van der Waals surface area contributed by atoms with Gasteiger partial charge < -0.3 is 10.1 Å². The summed E-state index contributed by atoms with van der Waals surface area (Å²) in [6.07, 6.45) is 1.42. The first kappa shape index (κ1) is 27.7. The van der Waals surface area contributed by atoms with Crippen LogP contribution in [0.3, 0.4) is 0 Å². The molecule has 3 N–H and O–H groups in total. The molecule has 0 saturated carbocycles. The van der Waals surface area contributed by atoms with Gasteiger partial charge >= 0.3 is 0 Å². The van der Waals surface area contributed by atoms with Crippen molar-refractivity contribution in [3.63, 3.8) is 0 Å². The summed E-state index contributed by atoms with van der Waals surface area (Å²) in [6.45, 7) is 1.91. The second-order valence-electron chi connectivity index (χ2n) is 8.02. The Morgan fingerprint density at radius 1 is 0.973 bits per heavy atom. The summed E-state index contributed by atoms with van der Waals surface area (Å²) < 4.78 is 31.8. The monoisotopic (exact) mass is 539 g/mol. The quantitative estimate of drug-likeness (QED) is 0.212. The normalized spacial score (nSPS) is 10.8. The molecule has 0 aliphatic rings. The second-order valence-corrected chi connectivity index (χ2v) is 9.89. The van der Waals surface area contributed by atoms with Crippen molar-refractivity contribution in [1.29, 1.82) is 0 Å². The number of sulfone groups is 1. The van der Waals surface area contributed by atoms with Crippen LogP contribution in [0.2, 0.25) is 0 Å². The number of benzene rings is 3. The van der Waals surface area contributed by atoms with Gasteiger partial charge in [-0.15, -0.1) is 12.4 Å². The zero-order valence-electron chi connectivity index (χ0n) is 20.1. The predicted molar refractivity (Wildman–Crippen MR) is 143 cm³/mol. The molecule has 4 rings (SSSR count). The predicted octanol–water partition coefficient (Wildman–Crippen LogP) is 5.05. The van der Waals surface area contributed by atoms with Crippen molar-refractivity contribution in [2.45, 2.75) is 23.4 Å². The number of methoxy groups -OCH3 is 1. The fourth-order valence-corrected chi connectivity index (χ4v) is 5.31. The van der Waals surface area contributed by atoms with Crippen LogP contribution in [-0.2, 0) is 16.4 Å². The molecule has 0 spiro atoms. The smallest absolute Gasteiger partial charge is 0.276 e. The average Bonchev–Trinajstić information content (AvgIpc) is 2.92. The average molecular weight is 540 g/mol. The molecule has 1 aromatic heterocycles. The van der Waals surface area contributed by atoms with Crippen LogP contribution >= 0.6 is 12.4 Å². The van der Waals surface area contributed by atoms with E-state index >= 15 is 0 Å². The van der Waals surface area contributed by atoms with Crippen molar-refractivity contribution in [3.05, 3.63) is 102 Å². The molecular weight excluding hydrogens is 514 g/mol. The summed E-state index contributed by atoms with van der Waals surface area (Å²) >= 11 is 0. The molecule has 0 aliphatic carbocycles. The maximum Gasteiger partial charge on any atom is 0.276 e. The molecule has 0 atom stereocenters. The van der Waals surface area contributed by atoms with E-state index < -0.39 is 15.7 Å². The van der Waals surface area contributed by atoms with E-state index in [1.54, 1.807) is 35.8 Å². The molecule has 4 aromatic rings. The van der Waals surface area contributed by atoms with E-state index in [0.717, 1.165) is 16.7 Å². The largest absolute Gasteiger partial charge is 0.497 e. The van der Waals surface area contributed by atoms with Gasteiger partial charge in [-0.25, -0.2) is 18.9 Å². The molecule has 0 bridgehead atoms. The maximum absolute atomic E-state index is 13.3. The molecular formula is C27H26ClN3O5S. The van der Waals surface area contributed by atoms with E-state index in [2.05, 4.69) is 10.3 Å². The number of anilines is 1. The van der Waals surface area contributed by atoms with Crippen LogP contribution < -0.4 is 15.5 Å². The number of rotatable bonds is 8. The van der Waals surface area contributed by atoms with Gasteiger partial charge in [-0.1, -0.05) is 36.4 Å². The minimum atomic E-state index is -3.91. The number of ether oxygens (including phenoxy) is 1. The van der Waals surface area contributed by atoms with Crippen LogP contribution in [-0.4, -0.2) is 31.6 Å². The summed E-state index contributed by atoms with van der Waals surface area (Å²) in [5.41, 5.74) is 5.28. The first-order valence-electron chi connectivity index (χ1n) is 11.1. The molecule has 0 unspecified atom stereocenters. The number of hydroxylamine groups is 1. The van der Waals surface area contributed by atoms with Crippen LogP contribution in [0.4, 0.5) is 5.69 Å². The van der Waals surface area contributed by atoms with E-state index in [9.17, 15) is 18.4 Å². The number of pyridine rings is 1. The topological polar surface area (TPSA) is 118 Å². The van der Waals surface area contributed by atoms with Crippen molar-refractivity contribution in [3.8, 4) is 16.9 Å². The van der Waals surface area contributed by atoms with Gasteiger partial charge in [0.25, 0.3) is 5.91 Å². The molecule has 3 aromatic carbocycles. The highest BCUT2D eigenvalue weighted by atomic mass is 35.5. The van der Waals surface area contributed by atoms with Gasteiger partial charge in [0, 0.05) is 18.3 Å². The van der Waals surface area contributed by atoms with Crippen molar-refractivity contribution in [2.75, 3.05) is 12.4 Å². The summed E-state index contributed by atoms with van der Waals surface area (Å²) in [5, 5.41) is 12.4. The standard InChI is InChI=1S/C27H25N3O5S.ClH/c1-18-15-21(19-7-4-3-5-8-19)16-24(26(31)30-32)25(18)29-17-20-9-6-14-28-27(20)36(33,34)23-12-10-22(35-2)11-13-23;/h3-16,29,32H,17H2,1-2H3,(H,30,31);1H. The third-order valence-electron chi connectivity index (χ3n) is 5.72. The van der Waals surface area contributed by atoms with Crippen LogP contribution in [0.15, 0.2) is 95.0 Å². The van der Waals surface area contributed by atoms with Gasteiger partial charge in [0.05, 0.1) is 23.3 Å². The lowest BCUT2D eigenvalue weighted by Crippen LogP contribution is -2.21. The fraction of sp³-hybridized carbons (Fsp3) is 0.111. The number of nitrogens with one attached hydrogen (secondary N) is 2. The molecule has 1 amide bonds. The highest BCUT2D eigenvalue weighted by molar-refractivity contribution is 7.91. The van der Waals surface area contributed by atoms with Crippen molar-refractivity contribution >= 4 is 33.8 Å². The summed E-state index contributed by atoms with van der Waals surface area (Å²) in [6, 6.07) is 22.5. The zero-order valence-corrected chi connectivity index (χ0v) is 21.8. The van der Waals surface area contributed by atoms with Crippen LogP contribution in [0.25, 0.3) is 11.1 Å². The van der Waals surface area contributed by atoms with Crippen molar-refractivity contribution in [1.82, 2.24) is 10.5 Å². The number of aryl methyl sites for hydroxylation is 1. The first-order chi connectivity index (χ1) is 17.3. The number of halogens is 1. The van der Waals surface area contributed by atoms with Crippen LogP contribution in [0, 0.1) is 6.92 Å². The van der Waals surface area contributed by atoms with Gasteiger partial charge in [0.1, 0.15) is 5.75 Å². The SMILES string of the molecule is COc1ccc(S(=O)(=O)c2ncccc2CNc2c(C)cc(-c3ccccc3)cc2C(=O)NO)cc1.Cl. The van der Waals surface area contributed by atoms with Gasteiger partial charge in [0.15, 0.2) is 5.03 Å². The van der Waals surface area contributed by atoms with Crippen LogP contribution in [0.1, 0.15) is 21.5 Å². The molecule has 192 valence electrons. The summed E-state index contributed by atoms with van der Waals surface area (Å²) in [7, 11) is -2.40. The molecule has 0 saturated heterocycles. The van der Waals surface area contributed by atoms with Crippen molar-refractivity contribution in [2.24, 2.45) is 0 Å². The van der Waals surface area contributed by atoms with E-state index in [1.165, 1.54) is 25.4 Å². The number of hydrogen-bond donors (Lipinski definition) is 3.